The van der Waals surface area contributed by atoms with E-state index in [-0.39, 0.29) is 12.0 Å². The fourth-order valence-corrected chi connectivity index (χ4v) is 2.70. The van der Waals surface area contributed by atoms with E-state index < -0.39 is 39.5 Å². The van der Waals surface area contributed by atoms with E-state index in [1.807, 2.05) is 0 Å². The summed E-state index contributed by atoms with van der Waals surface area (Å²) >= 11 is 0. The van der Waals surface area contributed by atoms with Crippen LogP contribution >= 0.6 is 0 Å². The maximum Gasteiger partial charge on any atom is 0.256 e. The van der Waals surface area contributed by atoms with Crippen molar-refractivity contribution in [1.29, 1.82) is 0 Å². The highest BCUT2D eigenvalue weighted by Crippen LogP contribution is 2.20. The van der Waals surface area contributed by atoms with Gasteiger partial charge in [-0.2, -0.15) is 0 Å². The van der Waals surface area contributed by atoms with Gasteiger partial charge in [0, 0.05) is 0 Å². The second kappa shape index (κ2) is 8.35. The fraction of sp³-hybridized carbons (Fsp3) is 0.500. The van der Waals surface area contributed by atoms with Crippen LogP contribution in [-0.2, 0) is 10.8 Å². The summed E-state index contributed by atoms with van der Waals surface area (Å²) < 4.78 is 56.5. The molecule has 20 heavy (non-hydrogen) atoms. The largest absolute Gasteiger partial charge is 0.379 e. The Balaban J connectivity index is 2.32. The van der Waals surface area contributed by atoms with Crippen LogP contribution in [0.2, 0.25) is 6.04 Å². The molecule has 0 heterocycles. The summed E-state index contributed by atoms with van der Waals surface area (Å²) in [6.07, 6.45) is 2.03. The number of rotatable bonds is 8. The summed E-state index contributed by atoms with van der Waals surface area (Å²) in [5, 5.41) is 16.9. The Bertz CT molecular complexity index is 443. The van der Waals surface area contributed by atoms with E-state index in [0.29, 0.717) is 25.0 Å². The average Bonchev–Trinajstić information content (AvgIpc) is 2.40. The second-order valence-corrected chi connectivity index (χ2v) is 5.77. The fourth-order valence-electron chi connectivity index (χ4n) is 1.76. The summed E-state index contributed by atoms with van der Waals surface area (Å²) in [6, 6.07) is 1.39. The summed E-state index contributed by atoms with van der Waals surface area (Å²) in [5.74, 6) is -6.31. The van der Waals surface area contributed by atoms with E-state index in [1.54, 1.807) is 0 Å². The van der Waals surface area contributed by atoms with E-state index in [0.717, 1.165) is 6.42 Å². The maximum absolute atomic E-state index is 13.3. The zero-order valence-electron chi connectivity index (χ0n) is 10.7. The highest BCUT2D eigenvalue weighted by molar-refractivity contribution is 6.26. The molecule has 8 heteroatoms. The molecule has 0 radical (unpaired) electrons. The molecule has 0 aliphatic carbocycles. The molecule has 0 saturated heterocycles. The molecule has 0 atom stereocenters. The third-order valence-corrected chi connectivity index (χ3v) is 4.11. The van der Waals surface area contributed by atoms with Crippen molar-refractivity contribution in [3.8, 4) is 0 Å². The zero-order chi connectivity index (χ0) is 15.1. The first-order valence-electron chi connectivity index (χ1n) is 6.23. The van der Waals surface area contributed by atoms with Gasteiger partial charge < -0.3 is 14.6 Å². The van der Waals surface area contributed by atoms with E-state index in [9.17, 15) is 17.6 Å². The number of aliphatic hydroxyl groups excluding tert-OH is 1. The molecule has 1 rings (SSSR count). The van der Waals surface area contributed by atoms with Crippen molar-refractivity contribution in [2.45, 2.75) is 38.2 Å². The molecule has 0 aromatic heterocycles. The molecular weight excluding hydrogens is 296 g/mol. The SMILES string of the molecule is OC(O)O[SiH2]CCCCCc1cc(F)c(F)c(F)c1F. The molecule has 0 saturated carbocycles. The summed E-state index contributed by atoms with van der Waals surface area (Å²) in [4.78, 5) is 0. The van der Waals surface area contributed by atoms with Gasteiger partial charge in [0.2, 0.25) is 0 Å². The van der Waals surface area contributed by atoms with Gasteiger partial charge in [-0.15, -0.1) is 0 Å². The first kappa shape index (κ1) is 17.1. The molecule has 0 fully saturated rings. The first-order chi connectivity index (χ1) is 9.43. The van der Waals surface area contributed by atoms with Gasteiger partial charge in [0.05, 0.1) is 0 Å². The lowest BCUT2D eigenvalue weighted by atomic mass is 10.1. The molecule has 2 N–H and O–H groups in total. The number of unbranched alkanes of at least 4 members (excludes halogenated alkanes) is 2. The minimum atomic E-state index is -1.79. The van der Waals surface area contributed by atoms with E-state index in [1.165, 1.54) is 0 Å². The molecule has 114 valence electrons. The molecule has 3 nitrogen and oxygen atoms in total. The Labute approximate surface area is 116 Å². The minimum absolute atomic E-state index is 0.116. The number of hydrogen-bond acceptors (Lipinski definition) is 3. The van der Waals surface area contributed by atoms with Crippen molar-refractivity contribution in [3.63, 3.8) is 0 Å². The number of hydrogen-bond donors (Lipinski definition) is 2. The Kier molecular flexibility index (Phi) is 7.14. The van der Waals surface area contributed by atoms with Crippen LogP contribution < -0.4 is 0 Å². The van der Waals surface area contributed by atoms with Gasteiger partial charge in [-0.3, -0.25) is 0 Å². The smallest absolute Gasteiger partial charge is 0.256 e. The number of halogens is 4. The molecule has 0 amide bonds. The number of aliphatic hydroxyl groups is 2. The molecular formula is C12H16F4O3Si. The van der Waals surface area contributed by atoms with Crippen LogP contribution in [0.5, 0.6) is 0 Å². The van der Waals surface area contributed by atoms with Crippen LogP contribution in [0.3, 0.4) is 0 Å². The lowest BCUT2D eigenvalue weighted by Gasteiger charge is -2.07. The third kappa shape index (κ3) is 5.20. The number of aryl methyl sites for hydroxylation is 1. The zero-order valence-corrected chi connectivity index (χ0v) is 12.1. The Morgan fingerprint density at radius 3 is 2.35 bits per heavy atom. The second-order valence-electron chi connectivity index (χ2n) is 4.32. The topological polar surface area (TPSA) is 49.7 Å². The monoisotopic (exact) mass is 312 g/mol. The van der Waals surface area contributed by atoms with Gasteiger partial charge in [0.25, 0.3) is 6.48 Å². The summed E-state index contributed by atoms with van der Waals surface area (Å²) in [6.45, 7) is -1.74. The van der Waals surface area contributed by atoms with Crippen molar-refractivity contribution in [3.05, 3.63) is 34.9 Å². The van der Waals surface area contributed by atoms with Crippen LogP contribution in [0.15, 0.2) is 6.07 Å². The molecule has 0 unspecified atom stereocenters. The van der Waals surface area contributed by atoms with Crippen LogP contribution in [-0.4, -0.2) is 26.5 Å². The summed E-state index contributed by atoms with van der Waals surface area (Å²) in [7, 11) is -0.997. The Morgan fingerprint density at radius 2 is 1.70 bits per heavy atom. The lowest BCUT2D eigenvalue weighted by Crippen LogP contribution is -2.13. The van der Waals surface area contributed by atoms with Gasteiger partial charge in [-0.25, -0.2) is 17.6 Å². The minimum Gasteiger partial charge on any atom is -0.379 e. The molecule has 0 spiro atoms. The van der Waals surface area contributed by atoms with Crippen LogP contribution in [0.4, 0.5) is 17.6 Å². The Hall–Kier alpha value is -0.963. The predicted octanol–water partition coefficient (Wildman–Crippen LogP) is 1.74. The van der Waals surface area contributed by atoms with E-state index in [2.05, 4.69) is 4.43 Å². The van der Waals surface area contributed by atoms with E-state index in [4.69, 9.17) is 10.2 Å². The van der Waals surface area contributed by atoms with E-state index >= 15 is 0 Å². The van der Waals surface area contributed by atoms with Crippen molar-refractivity contribution < 1.29 is 32.2 Å². The van der Waals surface area contributed by atoms with Gasteiger partial charge in [0.1, 0.15) is 0 Å². The summed E-state index contributed by atoms with van der Waals surface area (Å²) in [5.41, 5.74) is -0.180. The van der Waals surface area contributed by atoms with Gasteiger partial charge in [-0.05, 0) is 30.5 Å². The standard InChI is InChI=1S/C12H16F4O3Si/c13-8-6-7(9(14)11(16)10(8)15)4-2-1-3-5-20-19-12(17)18/h6,12,17-18H,1-5,20H2. The molecule has 1 aromatic carbocycles. The van der Waals surface area contributed by atoms with Gasteiger partial charge in [0.15, 0.2) is 33.0 Å². The van der Waals surface area contributed by atoms with Gasteiger partial charge in [-0.1, -0.05) is 12.8 Å². The molecule has 0 aliphatic heterocycles. The Morgan fingerprint density at radius 1 is 1.00 bits per heavy atom. The maximum atomic E-state index is 13.3. The molecule has 1 aromatic rings. The van der Waals surface area contributed by atoms with Gasteiger partial charge >= 0.3 is 0 Å². The van der Waals surface area contributed by atoms with Crippen molar-refractivity contribution in [2.75, 3.05) is 0 Å². The predicted molar refractivity (Wildman–Crippen MR) is 66.5 cm³/mol. The molecule has 0 bridgehead atoms. The average molecular weight is 312 g/mol. The normalized spacial score (nSPS) is 11.9. The highest BCUT2D eigenvalue weighted by Gasteiger charge is 2.18. The quantitative estimate of drug-likeness (QED) is 0.192. The van der Waals surface area contributed by atoms with Crippen LogP contribution in [0, 0.1) is 23.3 Å². The molecule has 0 aliphatic rings. The third-order valence-electron chi connectivity index (χ3n) is 2.79. The lowest BCUT2D eigenvalue weighted by molar-refractivity contribution is -0.180. The highest BCUT2D eigenvalue weighted by atomic mass is 28.2. The van der Waals surface area contributed by atoms with Crippen molar-refractivity contribution in [1.82, 2.24) is 0 Å². The van der Waals surface area contributed by atoms with Crippen molar-refractivity contribution in [2.24, 2.45) is 0 Å². The van der Waals surface area contributed by atoms with Crippen molar-refractivity contribution >= 4 is 9.76 Å². The van der Waals surface area contributed by atoms with Crippen LogP contribution in [0.25, 0.3) is 0 Å². The van der Waals surface area contributed by atoms with Crippen LogP contribution in [0.1, 0.15) is 24.8 Å². The first-order valence-corrected chi connectivity index (χ1v) is 7.80. The number of benzene rings is 1.